The van der Waals surface area contributed by atoms with Gasteiger partial charge in [0.25, 0.3) is 20.2 Å². The Bertz CT molecular complexity index is 878. The van der Waals surface area contributed by atoms with Crippen LogP contribution in [-0.2, 0) is 20.2 Å². The van der Waals surface area contributed by atoms with Gasteiger partial charge in [-0.25, -0.2) is 0 Å². The van der Waals surface area contributed by atoms with Crippen molar-refractivity contribution in [3.8, 4) is 23.0 Å². The van der Waals surface area contributed by atoms with E-state index in [9.17, 15) is 16.8 Å². The van der Waals surface area contributed by atoms with Crippen LogP contribution in [-0.4, -0.2) is 46.4 Å². The van der Waals surface area contributed by atoms with Crippen LogP contribution in [0.5, 0.6) is 23.0 Å². The summed E-state index contributed by atoms with van der Waals surface area (Å²) >= 11 is 0. The Kier molecular flexibility index (Phi) is 9.05. The molecule has 0 aliphatic rings. The highest BCUT2D eigenvalue weighted by Crippen LogP contribution is 2.26. The van der Waals surface area contributed by atoms with Crippen molar-refractivity contribution in [1.29, 1.82) is 0 Å². The van der Waals surface area contributed by atoms with Gasteiger partial charge >= 0.3 is 0 Å². The largest absolute Gasteiger partial charge is 0.508 e. The number of phenols is 4. The van der Waals surface area contributed by atoms with Gasteiger partial charge < -0.3 is 32.7 Å². The first-order valence-corrected chi connectivity index (χ1v) is 8.69. The van der Waals surface area contributed by atoms with Gasteiger partial charge in [0.15, 0.2) is 0 Å². The van der Waals surface area contributed by atoms with Crippen molar-refractivity contribution in [2.75, 3.05) is 0 Å². The second-order valence-electron chi connectivity index (χ2n) is 4.25. The zero-order chi connectivity index (χ0) is 18.7. The molecule has 0 fully saturated rings. The third-order valence-corrected chi connectivity index (χ3v) is 4.24. The minimum absolute atomic E-state index is 0. The maximum Gasteiger partial charge on any atom is 0.298 e. The molecule has 2 aromatic rings. The first-order chi connectivity index (χ1) is 10.8. The molecule has 0 heterocycles. The van der Waals surface area contributed by atoms with E-state index in [-0.39, 0.29) is 23.8 Å². The number of hydrogen-bond acceptors (Lipinski definition) is 10. The van der Waals surface area contributed by atoms with Gasteiger partial charge in [0.05, 0.1) is 0 Å². The maximum atomic E-state index is 10.5. The van der Waals surface area contributed by atoms with E-state index in [1.54, 1.807) is 0 Å². The normalized spacial score (nSPS) is 10.5. The molecule has 0 aromatic heterocycles. The number of aromatic hydroxyl groups is 4. The molecular weight excluding hydrogens is 396 g/mol. The monoisotopic (exact) mass is 414 g/mol. The van der Waals surface area contributed by atoms with Crippen molar-refractivity contribution < 1.29 is 46.4 Å². The standard InChI is InChI=1S/2C6H6O5S.2H3N/c2*7-4-1-2-6(5(8)3-4)12(9,10)11;;/h2*1-3,7-8H,(H,9,10,11);2*1H3. The van der Waals surface area contributed by atoms with Crippen LogP contribution in [0, 0.1) is 0 Å². The second kappa shape index (κ2) is 9.18. The number of phenolic OH excluding ortho intramolecular Hbond substituents is 4. The van der Waals surface area contributed by atoms with Gasteiger partial charge in [-0.15, -0.1) is 0 Å². The van der Waals surface area contributed by atoms with Crippen molar-refractivity contribution in [3.63, 3.8) is 0 Å². The summed E-state index contributed by atoms with van der Waals surface area (Å²) in [5, 5.41) is 35.4. The zero-order valence-corrected chi connectivity index (χ0v) is 14.6. The van der Waals surface area contributed by atoms with Crippen LogP contribution in [0.15, 0.2) is 46.2 Å². The molecule has 0 bridgehead atoms. The number of hydrogen-bond donors (Lipinski definition) is 8. The molecule has 2 rings (SSSR count). The summed E-state index contributed by atoms with van der Waals surface area (Å²) in [5.74, 6) is -1.92. The van der Waals surface area contributed by atoms with Gasteiger partial charge in [-0.1, -0.05) is 0 Å². The molecule has 0 radical (unpaired) electrons. The molecule has 26 heavy (non-hydrogen) atoms. The Morgan fingerprint density at radius 3 is 1.04 bits per heavy atom. The summed E-state index contributed by atoms with van der Waals surface area (Å²) in [5.41, 5.74) is 0. The summed E-state index contributed by atoms with van der Waals surface area (Å²) < 4.78 is 58.9. The highest BCUT2D eigenvalue weighted by molar-refractivity contribution is 7.86. The molecule has 0 atom stereocenters. The van der Waals surface area contributed by atoms with Crippen molar-refractivity contribution in [2.24, 2.45) is 0 Å². The summed E-state index contributed by atoms with van der Waals surface area (Å²) in [7, 11) is -8.82. The quantitative estimate of drug-likeness (QED) is 0.320. The Balaban J connectivity index is 0. The lowest BCUT2D eigenvalue weighted by atomic mass is 10.3. The van der Waals surface area contributed by atoms with E-state index >= 15 is 0 Å². The third-order valence-electron chi connectivity index (χ3n) is 2.44. The summed E-state index contributed by atoms with van der Waals surface area (Å²) in [6.07, 6.45) is 0. The lowest BCUT2D eigenvalue weighted by molar-refractivity contribution is 0.428. The fourth-order valence-electron chi connectivity index (χ4n) is 1.45. The van der Waals surface area contributed by atoms with Crippen LogP contribution in [0.3, 0.4) is 0 Å². The third kappa shape index (κ3) is 7.09. The van der Waals surface area contributed by atoms with Gasteiger partial charge in [0.2, 0.25) is 0 Å². The molecule has 0 saturated heterocycles. The summed E-state index contributed by atoms with van der Waals surface area (Å²) in [4.78, 5) is -1.25. The van der Waals surface area contributed by atoms with Gasteiger partial charge in [0, 0.05) is 12.1 Å². The van der Waals surface area contributed by atoms with Gasteiger partial charge in [-0.3, -0.25) is 9.11 Å². The molecule has 2 aromatic carbocycles. The lowest BCUT2D eigenvalue weighted by Crippen LogP contribution is -1.97. The van der Waals surface area contributed by atoms with Gasteiger partial charge in [-0.05, 0) is 24.3 Å². The minimum atomic E-state index is -4.41. The van der Waals surface area contributed by atoms with Crippen molar-refractivity contribution in [1.82, 2.24) is 12.3 Å². The van der Waals surface area contributed by atoms with Crippen LogP contribution in [0.2, 0.25) is 0 Å². The zero-order valence-electron chi connectivity index (χ0n) is 13.0. The maximum absolute atomic E-state index is 10.5. The molecule has 0 saturated carbocycles. The molecule has 0 aliphatic carbocycles. The predicted molar refractivity (Wildman–Crippen MR) is 89.2 cm³/mol. The smallest absolute Gasteiger partial charge is 0.298 e. The Labute approximate surface area is 148 Å². The van der Waals surface area contributed by atoms with E-state index in [2.05, 4.69) is 0 Å². The topological polar surface area (TPSA) is 260 Å². The molecular formula is C12H18N2O10S2. The van der Waals surface area contributed by atoms with E-state index in [0.717, 1.165) is 36.4 Å². The fraction of sp³-hybridized carbons (Fsp3) is 0. The molecule has 0 spiro atoms. The Hall–Kier alpha value is -2.62. The van der Waals surface area contributed by atoms with Crippen molar-refractivity contribution >= 4 is 20.2 Å². The lowest BCUT2D eigenvalue weighted by Gasteiger charge is -2.00. The van der Waals surface area contributed by atoms with Crippen LogP contribution in [0.25, 0.3) is 0 Å². The SMILES string of the molecule is N.N.O=S(=O)(O)c1ccc(O)cc1O.O=S(=O)(O)c1ccc(O)cc1O. The van der Waals surface area contributed by atoms with Crippen molar-refractivity contribution in [2.45, 2.75) is 9.79 Å². The first-order valence-electron chi connectivity index (χ1n) is 5.81. The minimum Gasteiger partial charge on any atom is -0.508 e. The van der Waals surface area contributed by atoms with E-state index in [4.69, 9.17) is 29.5 Å². The summed E-state index contributed by atoms with van der Waals surface area (Å²) in [6, 6.07) is 5.54. The Morgan fingerprint density at radius 1 is 0.577 bits per heavy atom. The van der Waals surface area contributed by atoms with Crippen LogP contribution in [0.1, 0.15) is 0 Å². The average molecular weight is 414 g/mol. The van der Waals surface area contributed by atoms with Gasteiger partial charge in [0.1, 0.15) is 32.8 Å². The van der Waals surface area contributed by atoms with E-state index in [1.165, 1.54) is 0 Å². The first kappa shape index (κ1) is 25.6. The second-order valence-corrected chi connectivity index (χ2v) is 7.03. The van der Waals surface area contributed by atoms with Crippen LogP contribution in [0.4, 0.5) is 0 Å². The molecule has 0 aliphatic heterocycles. The van der Waals surface area contributed by atoms with Crippen molar-refractivity contribution in [3.05, 3.63) is 36.4 Å². The molecule has 12 nitrogen and oxygen atoms in total. The molecule has 14 heteroatoms. The average Bonchev–Trinajstić information content (AvgIpc) is 2.35. The molecule has 148 valence electrons. The molecule has 0 unspecified atom stereocenters. The number of rotatable bonds is 2. The summed E-state index contributed by atoms with van der Waals surface area (Å²) in [6.45, 7) is 0. The van der Waals surface area contributed by atoms with E-state index in [0.29, 0.717) is 0 Å². The van der Waals surface area contributed by atoms with E-state index < -0.39 is 41.5 Å². The predicted octanol–water partition coefficient (Wildman–Crippen LogP) is 1.01. The highest BCUT2D eigenvalue weighted by Gasteiger charge is 2.15. The number of benzene rings is 2. The van der Waals surface area contributed by atoms with Gasteiger partial charge in [-0.2, -0.15) is 16.8 Å². The van der Waals surface area contributed by atoms with E-state index in [1.807, 2.05) is 0 Å². The molecule has 0 amide bonds. The molecule has 12 N–H and O–H groups in total. The van der Waals surface area contributed by atoms with Crippen LogP contribution < -0.4 is 12.3 Å². The van der Waals surface area contributed by atoms with Crippen LogP contribution >= 0.6 is 0 Å². The fourth-order valence-corrected chi connectivity index (χ4v) is 2.57. The Morgan fingerprint density at radius 2 is 0.846 bits per heavy atom. The highest BCUT2D eigenvalue weighted by atomic mass is 32.2.